The molecule has 0 radical (unpaired) electrons. The number of hydrogen-bond acceptors (Lipinski definition) is 5. The third-order valence-electron chi connectivity index (χ3n) is 8.56. The van der Waals surface area contributed by atoms with Crippen molar-refractivity contribution in [2.45, 2.75) is 208 Å². The molecule has 0 saturated carbocycles. The molecule has 0 aromatic carbocycles. The average molecular weight is 789 g/mol. The third kappa shape index (κ3) is 58.5. The van der Waals surface area contributed by atoms with Crippen molar-refractivity contribution in [3.8, 4) is 0 Å². The molecule has 1 amide bonds. The van der Waals surface area contributed by atoms with Crippen molar-refractivity contribution >= 4 is 11.9 Å². The molecule has 2 N–H and O–H groups in total. The van der Waals surface area contributed by atoms with Crippen LogP contribution in [0.3, 0.4) is 0 Å². The summed E-state index contributed by atoms with van der Waals surface area (Å²) in [6, 6.07) is 0. The number of alkyl halides is 2. The van der Waals surface area contributed by atoms with Crippen molar-refractivity contribution in [3.63, 3.8) is 0 Å². The summed E-state index contributed by atoms with van der Waals surface area (Å²) < 4.78 is 26.8. The number of hydroxylamine groups is 3. The van der Waals surface area contributed by atoms with Gasteiger partial charge in [-0.2, -0.15) is 0 Å². The molecule has 0 aromatic heterocycles. The lowest BCUT2D eigenvalue weighted by molar-refractivity contribution is -0.169. The molecule has 2 atom stereocenters. The lowest BCUT2D eigenvalue weighted by Gasteiger charge is -2.15. The molecule has 0 bridgehead atoms. The second kappa shape index (κ2) is 53.7. The van der Waals surface area contributed by atoms with Crippen LogP contribution in [0.15, 0.2) is 48.6 Å². The third-order valence-corrected chi connectivity index (χ3v) is 8.56. The van der Waals surface area contributed by atoms with Crippen LogP contribution in [0.25, 0.3) is 0 Å². The number of aliphatic carboxylic acids is 1. The van der Waals surface area contributed by atoms with Crippen LogP contribution in [0.5, 0.6) is 0 Å². The van der Waals surface area contributed by atoms with Crippen LogP contribution in [0, 0.1) is 0 Å². The fourth-order valence-corrected chi connectivity index (χ4v) is 5.17. The van der Waals surface area contributed by atoms with Gasteiger partial charge < -0.3 is 9.94 Å². The fraction of sp³-hybridized carbons (Fsp3) is 0.783. The number of unbranched alkanes of at least 4 members (excludes halogenated alkanes) is 16. The summed E-state index contributed by atoms with van der Waals surface area (Å²) >= 11 is 0. The Kier molecular flexibility index (Phi) is 60.4. The number of nitrogens with zero attached hydrogens (tertiary/aromatic N) is 1. The number of halogens is 2. The second-order valence-corrected chi connectivity index (χ2v) is 13.5. The van der Waals surface area contributed by atoms with E-state index in [0.29, 0.717) is 12.8 Å². The number of nitrogens with one attached hydrogen (secondary N) is 1. The lowest BCUT2D eigenvalue weighted by Crippen LogP contribution is -2.27. The quantitative estimate of drug-likeness (QED) is 0.0383. The Balaban J connectivity index is -0.000000268. The van der Waals surface area contributed by atoms with E-state index in [1.54, 1.807) is 14.2 Å². The van der Waals surface area contributed by atoms with Gasteiger partial charge in [-0.25, -0.2) is 19.3 Å². The van der Waals surface area contributed by atoms with Crippen LogP contribution in [0.2, 0.25) is 0 Å². The maximum absolute atomic E-state index is 13.7. The van der Waals surface area contributed by atoms with E-state index in [4.69, 9.17) is 9.94 Å². The predicted molar refractivity (Wildman–Crippen MR) is 235 cm³/mol. The highest BCUT2D eigenvalue weighted by molar-refractivity contribution is 5.75. The lowest BCUT2D eigenvalue weighted by atomic mass is 10.1. The van der Waals surface area contributed by atoms with E-state index in [1.807, 2.05) is 0 Å². The fourth-order valence-electron chi connectivity index (χ4n) is 5.17. The normalized spacial score (nSPS) is 12.1. The highest BCUT2D eigenvalue weighted by Gasteiger charge is 2.15. The first kappa shape index (κ1) is 61.9. The Morgan fingerprint density at radius 3 is 1.25 bits per heavy atom. The van der Waals surface area contributed by atoms with Crippen LogP contribution in [-0.2, 0) is 19.3 Å². The Morgan fingerprint density at radius 2 is 0.927 bits per heavy atom. The molecule has 0 saturated heterocycles. The van der Waals surface area contributed by atoms with E-state index in [0.717, 1.165) is 69.3 Å². The Hall–Kier alpha value is -2.36. The number of carbonyl (C=O) groups is 2. The number of allylic oxidation sites excluding steroid dienone is 8. The largest absolute Gasteiger partial charge is 0.481 e. The van der Waals surface area contributed by atoms with Crippen molar-refractivity contribution in [2.75, 3.05) is 28.3 Å². The zero-order chi connectivity index (χ0) is 40.0. The molecule has 9 heteroatoms. The van der Waals surface area contributed by atoms with Crippen molar-refractivity contribution in [2.24, 2.45) is 0 Å². The van der Waals surface area contributed by atoms with E-state index < -0.39 is 18.3 Å². The molecule has 0 heterocycles. The maximum atomic E-state index is 13.7. The minimum Gasteiger partial charge on any atom is -0.481 e. The number of hydrogen-bond donors (Lipinski definition) is 2. The Labute approximate surface area is 339 Å². The molecular formula is C46H90F2N2O5. The van der Waals surface area contributed by atoms with Gasteiger partial charge in [-0.05, 0) is 77.0 Å². The molecule has 2 unspecified atom stereocenters. The van der Waals surface area contributed by atoms with E-state index in [1.165, 1.54) is 91.2 Å². The summed E-state index contributed by atoms with van der Waals surface area (Å²) in [7, 11) is 6.19. The number of carbonyl (C=O) groups excluding carboxylic acids is 1. The minimum atomic E-state index is -1.18. The number of rotatable bonds is 34. The molecule has 7 nitrogen and oxygen atoms in total. The van der Waals surface area contributed by atoms with E-state index in [2.05, 4.69) is 72.8 Å². The molecule has 0 aliphatic carbocycles. The predicted octanol–water partition coefficient (Wildman–Crippen LogP) is 14.2. The van der Waals surface area contributed by atoms with Gasteiger partial charge in [0.2, 0.25) is 5.91 Å². The Morgan fingerprint density at radius 1 is 0.600 bits per heavy atom. The van der Waals surface area contributed by atoms with Crippen LogP contribution >= 0.6 is 0 Å². The van der Waals surface area contributed by atoms with Crippen LogP contribution < -0.4 is 5.48 Å². The highest BCUT2D eigenvalue weighted by Crippen LogP contribution is 2.15. The van der Waals surface area contributed by atoms with Gasteiger partial charge in [0.25, 0.3) is 0 Å². The van der Waals surface area contributed by atoms with Crippen molar-refractivity contribution < 1.29 is 33.2 Å². The van der Waals surface area contributed by atoms with Crippen molar-refractivity contribution in [1.29, 1.82) is 0 Å². The minimum absolute atomic E-state index is 0. The van der Waals surface area contributed by atoms with Crippen molar-refractivity contribution in [3.05, 3.63) is 48.6 Å². The second-order valence-electron chi connectivity index (χ2n) is 13.5. The maximum Gasteiger partial charge on any atom is 0.306 e. The number of carboxylic acids is 1. The molecule has 0 aromatic rings. The SMILES string of the molecule is C.C.CCCCC/C=C\C/C=C\CCCCCCCC(F)CC(=O)N(C)OC.CCCCC/C=C\C/C=C\CCCCCCCC(F)CC(=O)O.CNOC. The molecule has 0 aliphatic rings. The topological polar surface area (TPSA) is 88.1 Å². The molecule has 0 spiro atoms. The van der Waals surface area contributed by atoms with Crippen LogP contribution in [0.4, 0.5) is 8.78 Å². The molecule has 0 fully saturated rings. The zero-order valence-corrected chi connectivity index (χ0v) is 34.9. The number of amides is 1. The summed E-state index contributed by atoms with van der Waals surface area (Å²) in [5, 5.41) is 9.54. The summed E-state index contributed by atoms with van der Waals surface area (Å²) in [6.45, 7) is 4.46. The molecule has 0 aliphatic heterocycles. The first-order chi connectivity index (χ1) is 25.7. The average Bonchev–Trinajstić information content (AvgIpc) is 3.14. The van der Waals surface area contributed by atoms with Crippen LogP contribution in [0.1, 0.15) is 196 Å². The standard InChI is InChI=1S/C22H40FNO2.C20H35FO2.C2H7NO.2CH4/c1-4-5-6-7-8-9-10-11-12-13-14-15-16-17-18-19-21(23)20-22(25)24(2)26-3;1-2-3-4-5-6-7-8-9-10-11-12-13-14-15-16-17-19(21)18-20(22)23;1-3-4-2;;/h8-9,11-12,21H,4-7,10,13-20H2,1-3H3;6-7,9-10,19H,2-5,8,11-18H2,1H3,(H,22,23);3H,1-2H3;2*1H4/b9-8-,12-11-;7-6-,10-9-;;;. The van der Waals surface area contributed by atoms with Gasteiger partial charge in [-0.3, -0.25) is 14.4 Å². The van der Waals surface area contributed by atoms with Gasteiger partial charge in [0.05, 0.1) is 27.1 Å². The highest BCUT2D eigenvalue weighted by atomic mass is 19.1. The van der Waals surface area contributed by atoms with Gasteiger partial charge >= 0.3 is 5.97 Å². The Bertz CT molecular complexity index is 880. The van der Waals surface area contributed by atoms with Crippen LogP contribution in [-0.4, -0.2) is 62.7 Å². The van der Waals surface area contributed by atoms with Gasteiger partial charge in [0, 0.05) is 14.1 Å². The van der Waals surface area contributed by atoms with Gasteiger partial charge in [-0.1, -0.05) is 154 Å². The zero-order valence-electron chi connectivity index (χ0n) is 34.9. The monoisotopic (exact) mass is 789 g/mol. The van der Waals surface area contributed by atoms with Gasteiger partial charge in [0.15, 0.2) is 0 Å². The summed E-state index contributed by atoms with van der Waals surface area (Å²) in [5.74, 6) is -1.34. The van der Waals surface area contributed by atoms with E-state index in [9.17, 15) is 18.4 Å². The molecule has 328 valence electrons. The summed E-state index contributed by atoms with van der Waals surface area (Å²) in [4.78, 5) is 30.9. The first-order valence-corrected chi connectivity index (χ1v) is 20.8. The molecular weight excluding hydrogens is 699 g/mol. The van der Waals surface area contributed by atoms with Gasteiger partial charge in [-0.15, -0.1) is 0 Å². The summed E-state index contributed by atoms with van der Waals surface area (Å²) in [5.41, 5.74) is 2.43. The molecule has 55 heavy (non-hydrogen) atoms. The smallest absolute Gasteiger partial charge is 0.306 e. The number of carboxylic acid groups (broad SMARTS) is 1. The van der Waals surface area contributed by atoms with E-state index >= 15 is 0 Å². The van der Waals surface area contributed by atoms with E-state index in [-0.39, 0.29) is 33.6 Å². The van der Waals surface area contributed by atoms with Crippen molar-refractivity contribution in [1.82, 2.24) is 10.5 Å². The van der Waals surface area contributed by atoms with Gasteiger partial charge in [0.1, 0.15) is 12.3 Å². The summed E-state index contributed by atoms with van der Waals surface area (Å²) in [6.07, 6.45) is 41.5. The first-order valence-electron chi connectivity index (χ1n) is 20.8. The molecule has 0 rings (SSSR count).